The smallest absolute Gasteiger partial charge is 0.139 e. The van der Waals surface area contributed by atoms with Crippen LogP contribution in [0, 0.1) is 0 Å². The molecule has 6 aromatic rings. The average molecular weight is 561 g/mol. The zero-order valence-corrected chi connectivity index (χ0v) is 23.5. The standard InChI is InChI=1S/C35H27Cl2N3/c36-25-14-16-30-28(20-25)27(23-10-4-1-5-11-23)22-32(38-30)34-33(24-12-6-2-7-13-24)29-21-26(37)15-17-31(29)39-35(34)40-18-8-3-9-19-40/h1-2,4-7,10-17,20-22H,3,8-9,18-19H2. The van der Waals surface area contributed by atoms with E-state index in [4.69, 9.17) is 33.2 Å². The lowest BCUT2D eigenvalue weighted by Gasteiger charge is -2.31. The van der Waals surface area contributed by atoms with Crippen LogP contribution in [-0.4, -0.2) is 23.1 Å². The molecule has 1 saturated heterocycles. The second kappa shape index (κ2) is 10.6. The van der Waals surface area contributed by atoms with Gasteiger partial charge in [-0.3, -0.25) is 0 Å². The molecule has 4 aromatic carbocycles. The number of nitrogens with zero attached hydrogens (tertiary/aromatic N) is 3. The first-order valence-corrected chi connectivity index (χ1v) is 14.5. The zero-order valence-electron chi connectivity index (χ0n) is 21.9. The largest absolute Gasteiger partial charge is 0.356 e. The van der Waals surface area contributed by atoms with E-state index < -0.39 is 0 Å². The molecule has 0 amide bonds. The Morgan fingerprint density at radius 2 is 1.15 bits per heavy atom. The monoisotopic (exact) mass is 559 g/mol. The van der Waals surface area contributed by atoms with E-state index in [1.807, 2.05) is 42.5 Å². The molecule has 3 nitrogen and oxygen atoms in total. The third-order valence-corrected chi connectivity index (χ3v) is 8.23. The fourth-order valence-electron chi connectivity index (χ4n) is 5.89. The molecule has 3 heterocycles. The van der Waals surface area contributed by atoms with E-state index >= 15 is 0 Å². The summed E-state index contributed by atoms with van der Waals surface area (Å²) < 4.78 is 0. The van der Waals surface area contributed by atoms with Crippen molar-refractivity contribution in [1.82, 2.24) is 9.97 Å². The van der Waals surface area contributed by atoms with Gasteiger partial charge in [-0.25, -0.2) is 9.97 Å². The minimum absolute atomic E-state index is 0.689. The van der Waals surface area contributed by atoms with Gasteiger partial charge < -0.3 is 4.90 Å². The Labute approximate surface area is 244 Å². The highest BCUT2D eigenvalue weighted by Crippen LogP contribution is 2.45. The third-order valence-electron chi connectivity index (χ3n) is 7.76. The van der Waals surface area contributed by atoms with Gasteiger partial charge in [-0.15, -0.1) is 0 Å². The van der Waals surface area contributed by atoms with Gasteiger partial charge in [-0.2, -0.15) is 0 Å². The van der Waals surface area contributed by atoms with Crippen LogP contribution in [0.5, 0.6) is 0 Å². The number of aromatic nitrogens is 2. The number of rotatable bonds is 4. The first kappa shape index (κ1) is 25.1. The zero-order chi connectivity index (χ0) is 27.1. The number of anilines is 1. The van der Waals surface area contributed by atoms with E-state index in [9.17, 15) is 0 Å². The summed E-state index contributed by atoms with van der Waals surface area (Å²) in [6.45, 7) is 1.95. The van der Waals surface area contributed by atoms with E-state index in [2.05, 4.69) is 65.6 Å². The predicted molar refractivity (Wildman–Crippen MR) is 169 cm³/mol. The molecule has 0 atom stereocenters. The predicted octanol–water partition coefficient (Wildman–Crippen LogP) is 10.1. The molecule has 0 radical (unpaired) electrons. The van der Waals surface area contributed by atoms with Gasteiger partial charge in [0.1, 0.15) is 5.82 Å². The van der Waals surface area contributed by atoms with Gasteiger partial charge in [-0.1, -0.05) is 83.9 Å². The minimum atomic E-state index is 0.689. The Morgan fingerprint density at radius 1 is 0.550 bits per heavy atom. The first-order valence-electron chi connectivity index (χ1n) is 13.8. The van der Waals surface area contributed by atoms with Gasteiger partial charge in [0.15, 0.2) is 0 Å². The number of hydrogen-bond donors (Lipinski definition) is 0. The third kappa shape index (κ3) is 4.60. The normalized spacial score (nSPS) is 13.7. The summed E-state index contributed by atoms with van der Waals surface area (Å²) in [5.41, 5.74) is 8.20. The Kier molecular flexibility index (Phi) is 6.63. The highest BCUT2D eigenvalue weighted by Gasteiger charge is 2.25. The number of piperidine rings is 1. The molecular formula is C35H27Cl2N3. The van der Waals surface area contributed by atoms with E-state index in [0.29, 0.717) is 10.0 Å². The van der Waals surface area contributed by atoms with Crippen molar-refractivity contribution >= 4 is 50.8 Å². The molecule has 0 saturated carbocycles. The lowest BCUT2D eigenvalue weighted by atomic mass is 9.91. The Hall–Kier alpha value is -3.92. The maximum atomic E-state index is 6.60. The first-order chi connectivity index (χ1) is 19.7. The van der Waals surface area contributed by atoms with Crippen molar-refractivity contribution in [3.8, 4) is 33.5 Å². The number of hydrogen-bond acceptors (Lipinski definition) is 3. The van der Waals surface area contributed by atoms with Crippen molar-refractivity contribution < 1.29 is 0 Å². The summed E-state index contributed by atoms with van der Waals surface area (Å²) in [7, 11) is 0. The molecule has 1 aliphatic rings. The van der Waals surface area contributed by atoms with Crippen molar-refractivity contribution in [3.63, 3.8) is 0 Å². The van der Waals surface area contributed by atoms with Crippen LogP contribution in [0.3, 0.4) is 0 Å². The van der Waals surface area contributed by atoms with Gasteiger partial charge in [-0.05, 0) is 78.4 Å². The van der Waals surface area contributed by atoms with Crippen LogP contribution in [-0.2, 0) is 0 Å². The second-order valence-corrected chi connectivity index (χ2v) is 11.2. The van der Waals surface area contributed by atoms with E-state index in [1.165, 1.54) is 6.42 Å². The minimum Gasteiger partial charge on any atom is -0.356 e. The van der Waals surface area contributed by atoms with Crippen LogP contribution in [0.2, 0.25) is 10.0 Å². The number of halogens is 2. The number of benzene rings is 4. The molecule has 0 aliphatic carbocycles. The van der Waals surface area contributed by atoms with E-state index in [1.54, 1.807) is 0 Å². The molecule has 1 aliphatic heterocycles. The Balaban J connectivity index is 1.62. The SMILES string of the molecule is Clc1ccc2nc(-c3c(N4CCCCC4)nc4ccc(Cl)cc4c3-c3ccccc3)cc(-c3ccccc3)c2c1. The van der Waals surface area contributed by atoms with Crippen LogP contribution < -0.4 is 4.90 Å². The van der Waals surface area contributed by atoms with Crippen LogP contribution in [0.4, 0.5) is 5.82 Å². The summed E-state index contributed by atoms with van der Waals surface area (Å²) >= 11 is 13.1. The van der Waals surface area contributed by atoms with Crippen LogP contribution in [0.15, 0.2) is 103 Å². The quantitative estimate of drug-likeness (QED) is 0.215. The number of pyridine rings is 2. The van der Waals surface area contributed by atoms with E-state index in [0.717, 1.165) is 87.1 Å². The van der Waals surface area contributed by atoms with Crippen molar-refractivity contribution in [3.05, 3.63) is 113 Å². The lowest BCUT2D eigenvalue weighted by molar-refractivity contribution is 0.574. The van der Waals surface area contributed by atoms with Crippen molar-refractivity contribution in [2.45, 2.75) is 19.3 Å². The maximum absolute atomic E-state index is 6.60. The van der Waals surface area contributed by atoms with E-state index in [-0.39, 0.29) is 0 Å². The molecule has 196 valence electrons. The summed E-state index contributed by atoms with van der Waals surface area (Å²) in [6.07, 6.45) is 3.55. The molecule has 5 heteroatoms. The molecule has 0 unspecified atom stereocenters. The molecule has 0 spiro atoms. The van der Waals surface area contributed by atoms with Crippen molar-refractivity contribution in [2.24, 2.45) is 0 Å². The van der Waals surface area contributed by atoms with Crippen LogP contribution in [0.25, 0.3) is 55.3 Å². The Bertz CT molecular complexity index is 1850. The van der Waals surface area contributed by atoms with Gasteiger partial charge in [0.2, 0.25) is 0 Å². The fourth-order valence-corrected chi connectivity index (χ4v) is 6.23. The average Bonchev–Trinajstić information content (AvgIpc) is 3.01. The highest BCUT2D eigenvalue weighted by molar-refractivity contribution is 6.32. The molecule has 2 aromatic heterocycles. The number of fused-ring (bicyclic) bond motifs is 2. The highest BCUT2D eigenvalue weighted by atomic mass is 35.5. The van der Waals surface area contributed by atoms with Crippen LogP contribution >= 0.6 is 23.2 Å². The molecule has 0 bridgehead atoms. The molecule has 40 heavy (non-hydrogen) atoms. The summed E-state index contributed by atoms with van der Waals surface area (Å²) in [5, 5.41) is 3.43. The Morgan fingerprint density at radius 3 is 1.82 bits per heavy atom. The summed E-state index contributed by atoms with van der Waals surface area (Å²) in [4.78, 5) is 13.0. The van der Waals surface area contributed by atoms with Gasteiger partial charge in [0, 0.05) is 39.5 Å². The van der Waals surface area contributed by atoms with Gasteiger partial charge >= 0.3 is 0 Å². The summed E-state index contributed by atoms with van der Waals surface area (Å²) in [6, 6.07) is 35.2. The molecular weight excluding hydrogens is 533 g/mol. The topological polar surface area (TPSA) is 29.0 Å². The van der Waals surface area contributed by atoms with Gasteiger partial charge in [0.05, 0.1) is 22.3 Å². The summed E-state index contributed by atoms with van der Waals surface area (Å²) in [5.74, 6) is 0.980. The van der Waals surface area contributed by atoms with Crippen molar-refractivity contribution in [2.75, 3.05) is 18.0 Å². The van der Waals surface area contributed by atoms with Crippen LogP contribution in [0.1, 0.15) is 19.3 Å². The molecule has 0 N–H and O–H groups in total. The maximum Gasteiger partial charge on any atom is 0.139 e. The van der Waals surface area contributed by atoms with Gasteiger partial charge in [0.25, 0.3) is 0 Å². The second-order valence-electron chi connectivity index (χ2n) is 10.3. The fraction of sp³-hybridized carbons (Fsp3) is 0.143. The van der Waals surface area contributed by atoms with Crippen molar-refractivity contribution in [1.29, 1.82) is 0 Å². The lowest BCUT2D eigenvalue weighted by Crippen LogP contribution is -2.31. The molecule has 1 fully saturated rings. The molecule has 7 rings (SSSR count).